The summed E-state index contributed by atoms with van der Waals surface area (Å²) in [6.45, 7) is 0.101. The Kier molecular flexibility index (Phi) is 4.73. The molecule has 24 heavy (non-hydrogen) atoms. The lowest BCUT2D eigenvalue weighted by atomic mass is 9.87. The molecule has 0 bridgehead atoms. The van der Waals surface area contributed by atoms with Gasteiger partial charge in [0.25, 0.3) is 0 Å². The molecule has 130 valence electrons. The number of alkyl halides is 2. The van der Waals surface area contributed by atoms with Crippen molar-refractivity contribution in [2.45, 2.75) is 31.6 Å². The van der Waals surface area contributed by atoms with Crippen LogP contribution in [-0.4, -0.2) is 32.2 Å². The summed E-state index contributed by atoms with van der Waals surface area (Å²) in [6, 6.07) is 5.39. The summed E-state index contributed by atoms with van der Waals surface area (Å²) in [5.41, 5.74) is 1.11. The third-order valence-corrected chi connectivity index (χ3v) is 4.39. The van der Waals surface area contributed by atoms with Crippen molar-refractivity contribution >= 4 is 12.0 Å². The highest BCUT2D eigenvalue weighted by molar-refractivity contribution is 5.95. The van der Waals surface area contributed by atoms with Gasteiger partial charge in [-0.1, -0.05) is 12.1 Å². The lowest BCUT2D eigenvalue weighted by molar-refractivity contribution is -0.143. The molecule has 0 spiro atoms. The van der Waals surface area contributed by atoms with E-state index in [9.17, 15) is 13.6 Å². The van der Waals surface area contributed by atoms with Crippen LogP contribution in [0.5, 0.6) is 11.5 Å². The molecule has 0 aromatic heterocycles. The Labute approximate surface area is 139 Å². The monoisotopic (exact) mass is 338 g/mol. The lowest BCUT2D eigenvalue weighted by Gasteiger charge is -2.28. The van der Waals surface area contributed by atoms with Gasteiger partial charge in [-0.05, 0) is 30.9 Å². The van der Waals surface area contributed by atoms with E-state index < -0.39 is 11.9 Å². The predicted molar refractivity (Wildman–Crippen MR) is 84.3 cm³/mol. The van der Waals surface area contributed by atoms with E-state index in [0.717, 1.165) is 5.56 Å². The van der Waals surface area contributed by atoms with Gasteiger partial charge < -0.3 is 14.2 Å². The predicted octanol–water partition coefficient (Wildman–Crippen LogP) is 3.84. The summed E-state index contributed by atoms with van der Waals surface area (Å²) in [7, 11) is 1.55. The third-order valence-electron chi connectivity index (χ3n) is 4.39. The number of halogens is 2. The Morgan fingerprint density at radius 3 is 3.00 bits per heavy atom. The van der Waals surface area contributed by atoms with Crippen LogP contribution in [0.25, 0.3) is 6.08 Å². The van der Waals surface area contributed by atoms with Gasteiger partial charge in [-0.25, -0.2) is 13.6 Å². The van der Waals surface area contributed by atoms with E-state index in [1.54, 1.807) is 25.3 Å². The maximum absolute atomic E-state index is 13.4. The zero-order valence-electron chi connectivity index (χ0n) is 13.5. The average Bonchev–Trinajstić information content (AvgIpc) is 2.57. The average molecular weight is 338 g/mol. The quantitative estimate of drug-likeness (QED) is 0.783. The van der Waals surface area contributed by atoms with Crippen LogP contribution in [0.15, 0.2) is 23.8 Å². The van der Waals surface area contributed by atoms with Crippen LogP contribution >= 0.6 is 0 Å². The van der Waals surface area contributed by atoms with E-state index in [1.165, 1.54) is 0 Å². The van der Waals surface area contributed by atoms with Crippen LogP contribution in [-0.2, 0) is 9.53 Å². The zero-order chi connectivity index (χ0) is 17.2. The highest BCUT2D eigenvalue weighted by Crippen LogP contribution is 2.37. The number of esters is 1. The van der Waals surface area contributed by atoms with Crippen molar-refractivity contribution in [3.05, 3.63) is 29.3 Å². The molecule has 0 amide bonds. The van der Waals surface area contributed by atoms with Crippen molar-refractivity contribution in [2.24, 2.45) is 5.92 Å². The summed E-state index contributed by atoms with van der Waals surface area (Å²) < 4.78 is 42.8. The largest absolute Gasteiger partial charge is 0.493 e. The van der Waals surface area contributed by atoms with Gasteiger partial charge in [-0.3, -0.25) is 0 Å². The number of benzene rings is 1. The SMILES string of the molecule is COc1cccc2c1OCC(C(=O)OC[C@@H]1CCCC(F)(F)C1)=C2. The van der Waals surface area contributed by atoms with Gasteiger partial charge in [0, 0.05) is 18.4 Å². The Morgan fingerprint density at radius 1 is 1.42 bits per heavy atom. The first-order valence-corrected chi connectivity index (χ1v) is 8.04. The molecule has 3 rings (SSSR count). The van der Waals surface area contributed by atoms with Crippen LogP contribution in [0.4, 0.5) is 8.78 Å². The molecule has 0 N–H and O–H groups in total. The van der Waals surface area contributed by atoms with Gasteiger partial charge in [0.2, 0.25) is 5.92 Å². The van der Waals surface area contributed by atoms with Gasteiger partial charge in [0.15, 0.2) is 11.5 Å². The molecule has 4 nitrogen and oxygen atoms in total. The molecule has 1 fully saturated rings. The molecule has 1 aromatic carbocycles. The zero-order valence-corrected chi connectivity index (χ0v) is 13.5. The van der Waals surface area contributed by atoms with Gasteiger partial charge in [-0.15, -0.1) is 0 Å². The first-order valence-electron chi connectivity index (χ1n) is 8.04. The van der Waals surface area contributed by atoms with E-state index in [1.807, 2.05) is 6.07 Å². The van der Waals surface area contributed by atoms with Crippen LogP contribution in [0.2, 0.25) is 0 Å². The van der Waals surface area contributed by atoms with Gasteiger partial charge >= 0.3 is 5.97 Å². The van der Waals surface area contributed by atoms with Crippen molar-refractivity contribution in [1.29, 1.82) is 0 Å². The molecule has 1 saturated carbocycles. The minimum absolute atomic E-state index is 0.0245. The number of carbonyl (C=O) groups excluding carboxylic acids is 1. The second-order valence-corrected chi connectivity index (χ2v) is 6.25. The fourth-order valence-corrected chi connectivity index (χ4v) is 3.16. The number of hydrogen-bond acceptors (Lipinski definition) is 4. The second-order valence-electron chi connectivity index (χ2n) is 6.25. The Balaban J connectivity index is 1.62. The number of hydrogen-bond donors (Lipinski definition) is 0. The molecule has 0 unspecified atom stereocenters. The Bertz CT molecular complexity index is 654. The fraction of sp³-hybridized carbons (Fsp3) is 0.500. The number of ether oxygens (including phenoxy) is 3. The second kappa shape index (κ2) is 6.79. The van der Waals surface area contributed by atoms with Crippen molar-refractivity contribution < 1.29 is 27.8 Å². The highest BCUT2D eigenvalue weighted by atomic mass is 19.3. The summed E-state index contributed by atoms with van der Waals surface area (Å²) in [6.07, 6.45) is 2.54. The molecular weight excluding hydrogens is 318 g/mol. The topological polar surface area (TPSA) is 44.8 Å². The number of carbonyl (C=O) groups is 1. The molecule has 1 aromatic rings. The molecular formula is C18H20F2O4. The molecule has 1 atom stereocenters. The summed E-state index contributed by atoms with van der Waals surface area (Å²) >= 11 is 0. The molecule has 6 heteroatoms. The standard InChI is InChI=1S/C18H20F2O4/c1-22-15-6-2-5-13-8-14(11-23-16(13)15)17(21)24-10-12-4-3-7-18(19,20)9-12/h2,5-6,8,12H,3-4,7,9-11H2,1H3/t12-/m1/s1. The summed E-state index contributed by atoms with van der Waals surface area (Å²) in [5, 5.41) is 0. The number of methoxy groups -OCH3 is 1. The van der Waals surface area contributed by atoms with Gasteiger partial charge in [-0.2, -0.15) is 0 Å². The lowest BCUT2D eigenvalue weighted by Crippen LogP contribution is -2.29. The van der Waals surface area contributed by atoms with Crippen molar-refractivity contribution in [1.82, 2.24) is 0 Å². The molecule has 1 aliphatic carbocycles. The van der Waals surface area contributed by atoms with Crippen molar-refractivity contribution in [3.63, 3.8) is 0 Å². The van der Waals surface area contributed by atoms with Crippen LogP contribution in [0.1, 0.15) is 31.2 Å². The Morgan fingerprint density at radius 2 is 2.25 bits per heavy atom. The van der Waals surface area contributed by atoms with Crippen LogP contribution in [0, 0.1) is 5.92 Å². The molecule has 0 saturated heterocycles. The summed E-state index contributed by atoms with van der Waals surface area (Å²) in [4.78, 5) is 12.2. The maximum atomic E-state index is 13.4. The van der Waals surface area contributed by atoms with E-state index in [0.29, 0.717) is 29.9 Å². The molecule has 1 aliphatic heterocycles. The van der Waals surface area contributed by atoms with Crippen molar-refractivity contribution in [2.75, 3.05) is 20.3 Å². The van der Waals surface area contributed by atoms with Crippen molar-refractivity contribution in [3.8, 4) is 11.5 Å². The van der Waals surface area contributed by atoms with Crippen LogP contribution < -0.4 is 9.47 Å². The summed E-state index contributed by atoms with van der Waals surface area (Å²) in [5.74, 6) is -2.26. The Hall–Kier alpha value is -2.11. The van der Waals surface area contributed by atoms with E-state index in [-0.39, 0.29) is 32.0 Å². The molecule has 2 aliphatic rings. The van der Waals surface area contributed by atoms with Crippen LogP contribution in [0.3, 0.4) is 0 Å². The third kappa shape index (κ3) is 3.68. The molecule has 1 heterocycles. The first kappa shape index (κ1) is 16.7. The number of fused-ring (bicyclic) bond motifs is 1. The minimum atomic E-state index is -2.64. The minimum Gasteiger partial charge on any atom is -0.493 e. The number of rotatable bonds is 4. The first-order chi connectivity index (χ1) is 11.5. The van der Waals surface area contributed by atoms with E-state index >= 15 is 0 Å². The highest BCUT2D eigenvalue weighted by Gasteiger charge is 2.36. The molecule has 0 radical (unpaired) electrons. The van der Waals surface area contributed by atoms with Gasteiger partial charge in [0.1, 0.15) is 6.61 Å². The van der Waals surface area contributed by atoms with E-state index in [2.05, 4.69) is 0 Å². The number of para-hydroxylation sites is 1. The smallest absolute Gasteiger partial charge is 0.337 e. The fourth-order valence-electron chi connectivity index (χ4n) is 3.16. The van der Waals surface area contributed by atoms with E-state index in [4.69, 9.17) is 14.2 Å². The normalized spacial score (nSPS) is 22.0. The maximum Gasteiger partial charge on any atom is 0.337 e. The van der Waals surface area contributed by atoms with Gasteiger partial charge in [0.05, 0.1) is 19.3 Å².